The fourth-order valence-corrected chi connectivity index (χ4v) is 14.0. The summed E-state index contributed by atoms with van der Waals surface area (Å²) in [6.45, 7) is 18.2. The molecule has 17 heteroatoms. The zero-order valence-electron chi connectivity index (χ0n) is 41.3. The van der Waals surface area contributed by atoms with Gasteiger partial charge in [0.25, 0.3) is 0 Å². The Bertz CT molecular complexity index is 2930. The highest BCUT2D eigenvalue weighted by Gasteiger charge is 2.81. The van der Waals surface area contributed by atoms with E-state index in [0.717, 1.165) is 12.8 Å². The normalized spacial score (nSPS) is 34.0. The van der Waals surface area contributed by atoms with Gasteiger partial charge in [0.2, 0.25) is 11.2 Å². The van der Waals surface area contributed by atoms with Crippen LogP contribution in [0.15, 0.2) is 42.2 Å². The topological polar surface area (TPSA) is 180 Å². The smallest absolute Gasteiger partial charge is 0.492 e. The molecule has 6 fully saturated rings. The van der Waals surface area contributed by atoms with Crippen molar-refractivity contribution in [2.24, 2.45) is 22.7 Å². The number of hydrogen-bond donors (Lipinski definition) is 1. The summed E-state index contributed by atoms with van der Waals surface area (Å²) >= 11 is 0. The molecule has 0 spiro atoms. The molecule has 0 amide bonds. The van der Waals surface area contributed by atoms with Gasteiger partial charge in [-0.15, -0.1) is 0 Å². The maximum Gasteiger partial charge on any atom is 0.519 e. The molecule has 2 saturated heterocycles. The van der Waals surface area contributed by atoms with E-state index in [-0.39, 0.29) is 64.4 Å². The van der Waals surface area contributed by atoms with Crippen LogP contribution in [0.4, 0.5) is 14.5 Å². The second-order valence-corrected chi connectivity index (χ2v) is 22.2. The van der Waals surface area contributed by atoms with Crippen LogP contribution in [-0.2, 0) is 30.3 Å². The fourth-order valence-electron chi connectivity index (χ4n) is 14.0. The van der Waals surface area contributed by atoms with Gasteiger partial charge in [-0.1, -0.05) is 18.6 Å². The van der Waals surface area contributed by atoms with E-state index in [2.05, 4.69) is 4.90 Å². The van der Waals surface area contributed by atoms with Crippen LogP contribution < -0.4 is 20.9 Å². The van der Waals surface area contributed by atoms with E-state index in [9.17, 15) is 24.3 Å². The second kappa shape index (κ2) is 15.5. The number of esters is 1. The number of anilines is 1. The summed E-state index contributed by atoms with van der Waals surface area (Å²) in [7, 11) is 1.43. The van der Waals surface area contributed by atoms with Crippen LogP contribution in [0, 0.1) is 49.3 Å². The van der Waals surface area contributed by atoms with Gasteiger partial charge in [-0.25, -0.2) is 18.4 Å². The highest BCUT2D eigenvalue weighted by molar-refractivity contribution is 6.04. The number of carbonyl (C=O) groups is 3. The van der Waals surface area contributed by atoms with Crippen molar-refractivity contribution >= 4 is 34.1 Å². The van der Waals surface area contributed by atoms with Crippen LogP contribution >= 0.6 is 0 Å². The number of halogens is 2. The van der Waals surface area contributed by atoms with Crippen LogP contribution in [0.3, 0.4) is 0 Å². The Balaban J connectivity index is 0.997. The Kier molecular flexibility index (Phi) is 10.7. The molecule has 0 bridgehead atoms. The van der Waals surface area contributed by atoms with Gasteiger partial charge in [0.1, 0.15) is 17.0 Å². The Labute approximate surface area is 398 Å². The number of carbonyl (C=O) groups excluding carboxylic acids is 3. The molecule has 1 aromatic carbocycles. The summed E-state index contributed by atoms with van der Waals surface area (Å²) in [6.07, 6.45) is 4.15. The average molecular weight is 960 g/mol. The Morgan fingerprint density at radius 3 is 2.36 bits per heavy atom. The number of ketones is 2. The number of nitrogens with zero attached hydrogens (tertiary/aromatic N) is 3. The fraction of sp³-hybridized carbons (Fsp3) is 0.635. The standard InChI is InChI=1S/C52H63F2N3O12/c1-25-23-56(19-18-55(25)24-34-28(4)65-46(63)66-34)41-39(53)26(2)37-40(43(41)64-11)57(30-13-14-30)27(3)38(42(37)60)44(61)68-47(5,6)45(62)52-36(67-48(7,8)69-52)21-33-32-15-12-29-20-31(58)16-17-49(29,9)51(32,54)35(59)22-50(33,52)10/h16-17,20,25,30,32-33,35-36,59H,12-15,18-19,21-24H2,1-11H3/t25?,32-,33-,35-,36+,49-,50-,51-,52-/m0/s1. The number of piperazine rings is 1. The summed E-state index contributed by atoms with van der Waals surface area (Å²) in [6, 6.07) is -0.276. The van der Waals surface area contributed by atoms with Gasteiger partial charge in [-0.2, -0.15) is 0 Å². The van der Waals surface area contributed by atoms with Crippen LogP contribution in [0.5, 0.6) is 5.75 Å². The van der Waals surface area contributed by atoms with E-state index in [1.807, 2.05) is 23.3 Å². The number of hydrogen-bond acceptors (Lipinski definition) is 14. The van der Waals surface area contributed by atoms with Crippen LogP contribution in [0.1, 0.15) is 126 Å². The first-order valence-corrected chi connectivity index (χ1v) is 24.3. The number of aliphatic hydroxyl groups excluding tert-OH is 1. The number of pyridine rings is 1. The van der Waals surface area contributed by atoms with Crippen molar-refractivity contribution in [3.05, 3.63) is 78.8 Å². The number of aryl methyl sites for hydroxylation is 2. The van der Waals surface area contributed by atoms with Crippen molar-refractivity contribution in [2.45, 2.75) is 161 Å². The molecule has 15 nitrogen and oxygen atoms in total. The number of allylic oxidation sites excluding steroid dienone is 4. The molecular formula is C52H63F2N3O12. The van der Waals surface area contributed by atoms with E-state index in [0.29, 0.717) is 61.6 Å². The minimum absolute atomic E-state index is 0.0233. The SMILES string of the molecule is COc1c(N2CCN(Cc3oc(=O)oc3C)C(C)C2)c(F)c(C)c2c(=O)c(C(=O)OC(C)(C)C(=O)[C@@]34OC(C)(C)O[C@@H]3C[C@H]3[C@@H]5CCC6=CC(=O)C=C[C@]6(C)[C@@]5(F)[C@@H](O)C[C@@]34C)c(C)n(C3CC3)c12. The molecule has 69 heavy (non-hydrogen) atoms. The molecule has 0 radical (unpaired) electrons. The highest BCUT2D eigenvalue weighted by atomic mass is 19.1. The molecule has 9 atom stereocenters. The predicted molar refractivity (Wildman–Crippen MR) is 248 cm³/mol. The monoisotopic (exact) mass is 959 g/mol. The summed E-state index contributed by atoms with van der Waals surface area (Å²) < 4.78 is 73.1. The van der Waals surface area contributed by atoms with E-state index >= 15 is 13.6 Å². The van der Waals surface area contributed by atoms with E-state index < -0.39 is 86.4 Å². The number of ether oxygens (including phenoxy) is 4. The lowest BCUT2D eigenvalue weighted by Crippen LogP contribution is -2.71. The average Bonchev–Trinajstić information content (AvgIpc) is 3.94. The molecule has 1 N–H and O–H groups in total. The third-order valence-corrected chi connectivity index (χ3v) is 17.4. The summed E-state index contributed by atoms with van der Waals surface area (Å²) in [5.41, 5.74) is -8.12. The Hall–Kier alpha value is -4.97. The van der Waals surface area contributed by atoms with Crippen molar-refractivity contribution in [1.29, 1.82) is 0 Å². The predicted octanol–water partition coefficient (Wildman–Crippen LogP) is 7.04. The van der Waals surface area contributed by atoms with E-state index in [1.54, 1.807) is 40.7 Å². The maximum atomic E-state index is 18.2. The Morgan fingerprint density at radius 2 is 1.72 bits per heavy atom. The second-order valence-electron chi connectivity index (χ2n) is 22.2. The van der Waals surface area contributed by atoms with Crippen LogP contribution in [0.2, 0.25) is 0 Å². The molecule has 4 heterocycles. The van der Waals surface area contributed by atoms with Gasteiger partial charge >= 0.3 is 11.8 Å². The number of aliphatic hydroxyl groups is 1. The van der Waals surface area contributed by atoms with Gasteiger partial charge in [0, 0.05) is 59.7 Å². The van der Waals surface area contributed by atoms with Crippen molar-refractivity contribution < 1.29 is 56.1 Å². The molecule has 1 unspecified atom stereocenters. The molecular weight excluding hydrogens is 897 g/mol. The molecule has 2 aromatic heterocycles. The lowest BCUT2D eigenvalue weighted by Gasteiger charge is -2.63. The van der Waals surface area contributed by atoms with Gasteiger partial charge < -0.3 is 42.4 Å². The number of benzene rings is 1. The van der Waals surface area contributed by atoms with Crippen LogP contribution in [-0.4, -0.2) is 99.8 Å². The lowest BCUT2D eigenvalue weighted by atomic mass is 9.44. The van der Waals surface area contributed by atoms with Crippen molar-refractivity contribution in [2.75, 3.05) is 31.6 Å². The first-order valence-electron chi connectivity index (χ1n) is 24.3. The van der Waals surface area contributed by atoms with Crippen molar-refractivity contribution in [1.82, 2.24) is 9.47 Å². The molecule has 3 aromatic rings. The van der Waals surface area contributed by atoms with Gasteiger partial charge in [0.15, 0.2) is 45.8 Å². The number of Topliss-reactive ketones (excluding diaryl/α,β-unsaturated/α-hetero) is 1. The first-order chi connectivity index (χ1) is 32.3. The largest absolute Gasteiger partial charge is 0.519 e. The van der Waals surface area contributed by atoms with Gasteiger partial charge in [0.05, 0.1) is 36.8 Å². The van der Waals surface area contributed by atoms with E-state index in [4.69, 9.17) is 27.8 Å². The summed E-state index contributed by atoms with van der Waals surface area (Å²) in [5, 5.41) is 12.1. The van der Waals surface area contributed by atoms with Gasteiger partial charge in [-0.05, 0) is 119 Å². The summed E-state index contributed by atoms with van der Waals surface area (Å²) in [5.74, 6) is -5.00. The molecule has 2 aliphatic heterocycles. The molecule has 372 valence electrons. The number of aromatic nitrogens is 1. The van der Waals surface area contributed by atoms with Crippen LogP contribution in [0.25, 0.3) is 10.9 Å². The number of alkyl halides is 1. The first kappa shape index (κ1) is 47.7. The third-order valence-electron chi connectivity index (χ3n) is 17.4. The zero-order chi connectivity index (χ0) is 49.9. The number of fused-ring (bicyclic) bond motifs is 8. The summed E-state index contributed by atoms with van der Waals surface area (Å²) in [4.78, 5) is 73.6. The Morgan fingerprint density at radius 1 is 1.01 bits per heavy atom. The maximum absolute atomic E-state index is 18.2. The zero-order valence-corrected chi connectivity index (χ0v) is 41.3. The number of methoxy groups -OCH3 is 1. The van der Waals surface area contributed by atoms with Crippen molar-refractivity contribution in [3.63, 3.8) is 0 Å². The highest BCUT2D eigenvalue weighted by Crippen LogP contribution is 2.73. The van der Waals surface area contributed by atoms with Crippen molar-refractivity contribution in [3.8, 4) is 5.75 Å². The number of rotatable bonds is 9. The molecule has 7 aliphatic rings. The third kappa shape index (κ3) is 6.57. The molecule has 5 aliphatic carbocycles. The minimum Gasteiger partial charge on any atom is -0.492 e. The quantitative estimate of drug-likeness (QED) is 0.216. The van der Waals surface area contributed by atoms with Gasteiger partial charge in [-0.3, -0.25) is 19.3 Å². The molecule has 4 saturated carbocycles. The van der Waals surface area contributed by atoms with E-state index in [1.165, 1.54) is 40.0 Å². The lowest BCUT2D eigenvalue weighted by molar-refractivity contribution is -0.249. The molecule has 10 rings (SSSR count). The minimum atomic E-state index is -2.18.